The molecule has 1 unspecified atom stereocenters. The van der Waals surface area contributed by atoms with Gasteiger partial charge in [0.25, 0.3) is 0 Å². The largest absolute Gasteiger partial charge is 0.458 e. The summed E-state index contributed by atoms with van der Waals surface area (Å²) in [6, 6.07) is 0. The lowest BCUT2D eigenvalue weighted by Gasteiger charge is -2.42. The molecule has 1 aliphatic carbocycles. The topological polar surface area (TPSA) is 26.3 Å². The monoisotopic (exact) mass is 272 g/mol. The molecule has 1 rings (SSSR count). The quantitative estimate of drug-likeness (QED) is 0.598. The minimum Gasteiger partial charge on any atom is -0.458 e. The number of hydrogen-bond acceptors (Lipinski definition) is 3. The molecule has 0 aromatic heterocycles. The van der Waals surface area contributed by atoms with Crippen LogP contribution in [0.4, 0.5) is 0 Å². The van der Waals surface area contributed by atoms with Crippen molar-refractivity contribution in [3.63, 3.8) is 0 Å². The Morgan fingerprint density at radius 3 is 2.28 bits per heavy atom. The molecule has 0 spiro atoms. The Morgan fingerprint density at radius 2 is 1.89 bits per heavy atom. The average Bonchev–Trinajstić information content (AvgIpc) is 2.38. The van der Waals surface area contributed by atoms with E-state index >= 15 is 0 Å². The number of thiol groups is 1. The molecule has 0 aliphatic heterocycles. The average molecular weight is 272 g/mol. The van der Waals surface area contributed by atoms with E-state index in [1.54, 1.807) is 0 Å². The molecule has 3 heteroatoms. The minimum atomic E-state index is -0.442. The third-order valence-electron chi connectivity index (χ3n) is 4.67. The maximum atomic E-state index is 12.4. The van der Waals surface area contributed by atoms with E-state index in [0.29, 0.717) is 11.7 Å². The highest BCUT2D eigenvalue weighted by Crippen LogP contribution is 2.40. The van der Waals surface area contributed by atoms with Crippen LogP contribution in [0.15, 0.2) is 0 Å². The lowest BCUT2D eigenvalue weighted by molar-refractivity contribution is -0.180. The molecule has 0 aromatic carbocycles. The number of carbonyl (C=O) groups is 1. The van der Waals surface area contributed by atoms with Crippen molar-refractivity contribution in [2.45, 2.75) is 71.8 Å². The van der Waals surface area contributed by atoms with Crippen LogP contribution in [0, 0.1) is 11.3 Å². The predicted molar refractivity (Wildman–Crippen MR) is 79.0 cm³/mol. The second-order valence-corrected chi connectivity index (χ2v) is 6.56. The summed E-state index contributed by atoms with van der Waals surface area (Å²) >= 11 is 4.32. The number of rotatable bonds is 5. The van der Waals surface area contributed by atoms with Crippen LogP contribution in [0.25, 0.3) is 0 Å². The fourth-order valence-corrected chi connectivity index (χ4v) is 2.93. The number of hydrogen-bond donors (Lipinski definition) is 1. The molecule has 106 valence electrons. The molecule has 0 bridgehead atoms. The van der Waals surface area contributed by atoms with Crippen LogP contribution in [0.2, 0.25) is 0 Å². The Hall–Kier alpha value is -0.180. The zero-order valence-corrected chi connectivity index (χ0v) is 13.2. The van der Waals surface area contributed by atoms with Crippen LogP contribution in [-0.2, 0) is 9.53 Å². The van der Waals surface area contributed by atoms with Crippen LogP contribution in [-0.4, -0.2) is 17.3 Å². The highest BCUT2D eigenvalue weighted by Gasteiger charge is 2.43. The lowest BCUT2D eigenvalue weighted by atomic mass is 9.76. The van der Waals surface area contributed by atoms with Crippen LogP contribution < -0.4 is 0 Å². The van der Waals surface area contributed by atoms with Gasteiger partial charge in [-0.25, -0.2) is 0 Å². The molecular formula is C15H28O2S. The van der Waals surface area contributed by atoms with Crippen molar-refractivity contribution in [2.24, 2.45) is 11.3 Å². The highest BCUT2D eigenvalue weighted by atomic mass is 32.1. The van der Waals surface area contributed by atoms with Gasteiger partial charge in [0.05, 0.1) is 5.41 Å². The normalized spacial score (nSPS) is 22.6. The molecule has 0 radical (unpaired) electrons. The summed E-state index contributed by atoms with van der Waals surface area (Å²) in [5.41, 5.74) is -0.669. The maximum absolute atomic E-state index is 12.4. The Morgan fingerprint density at radius 1 is 1.33 bits per heavy atom. The molecule has 0 aromatic rings. The third kappa shape index (κ3) is 3.23. The van der Waals surface area contributed by atoms with Crippen molar-refractivity contribution >= 4 is 18.6 Å². The first kappa shape index (κ1) is 15.9. The molecule has 0 saturated heterocycles. The van der Waals surface area contributed by atoms with Crippen molar-refractivity contribution in [1.29, 1.82) is 0 Å². The first-order chi connectivity index (χ1) is 8.40. The van der Waals surface area contributed by atoms with Gasteiger partial charge in [0.1, 0.15) is 5.60 Å². The fraction of sp³-hybridized carbons (Fsp3) is 0.933. The molecule has 18 heavy (non-hydrogen) atoms. The number of esters is 1. The fourth-order valence-electron chi connectivity index (χ4n) is 2.58. The Kier molecular flexibility index (Phi) is 5.57. The highest BCUT2D eigenvalue weighted by molar-refractivity contribution is 7.80. The Bertz CT molecular complexity index is 276. The van der Waals surface area contributed by atoms with Gasteiger partial charge in [-0.2, -0.15) is 12.6 Å². The van der Waals surface area contributed by atoms with E-state index in [1.807, 2.05) is 13.8 Å². The van der Waals surface area contributed by atoms with E-state index < -0.39 is 5.41 Å². The maximum Gasteiger partial charge on any atom is 0.313 e. The summed E-state index contributed by atoms with van der Waals surface area (Å²) in [6.07, 6.45) is 6.43. The summed E-state index contributed by atoms with van der Waals surface area (Å²) in [5, 5.41) is 0. The summed E-state index contributed by atoms with van der Waals surface area (Å²) in [5.74, 6) is 0.884. The number of ether oxygens (including phenoxy) is 1. The Balaban J connectivity index is 2.81. The van der Waals surface area contributed by atoms with E-state index in [4.69, 9.17) is 4.74 Å². The molecule has 1 saturated carbocycles. The van der Waals surface area contributed by atoms with E-state index in [0.717, 1.165) is 19.3 Å². The molecule has 0 N–H and O–H groups in total. The van der Waals surface area contributed by atoms with E-state index in [-0.39, 0.29) is 11.6 Å². The lowest BCUT2D eigenvalue weighted by Crippen LogP contribution is -2.46. The van der Waals surface area contributed by atoms with Crippen LogP contribution in [0.3, 0.4) is 0 Å². The molecule has 0 heterocycles. The van der Waals surface area contributed by atoms with Gasteiger partial charge in [0.2, 0.25) is 0 Å². The SMILES string of the molecule is CCC(C)(CS)C(=O)OC1(C(C)C)CCCCC1. The summed E-state index contributed by atoms with van der Waals surface area (Å²) in [4.78, 5) is 12.4. The van der Waals surface area contributed by atoms with E-state index in [9.17, 15) is 4.79 Å². The minimum absolute atomic E-state index is 0.0596. The van der Waals surface area contributed by atoms with Gasteiger partial charge < -0.3 is 4.74 Å². The van der Waals surface area contributed by atoms with Gasteiger partial charge in [-0.05, 0) is 44.9 Å². The van der Waals surface area contributed by atoms with Crippen molar-refractivity contribution in [3.05, 3.63) is 0 Å². The summed E-state index contributed by atoms with van der Waals surface area (Å²) in [6.45, 7) is 8.32. The molecule has 0 amide bonds. The predicted octanol–water partition coefficient (Wildman–Crippen LogP) is 4.23. The zero-order valence-electron chi connectivity index (χ0n) is 12.3. The molecule has 1 fully saturated rings. The third-order valence-corrected chi connectivity index (χ3v) is 5.37. The van der Waals surface area contributed by atoms with Crippen molar-refractivity contribution in [2.75, 3.05) is 5.75 Å². The van der Waals surface area contributed by atoms with Crippen molar-refractivity contribution < 1.29 is 9.53 Å². The standard InChI is InChI=1S/C15H28O2S/c1-5-14(4,11-18)13(16)17-15(12(2)3)9-7-6-8-10-15/h12,18H,5-11H2,1-4H3. The zero-order chi connectivity index (χ0) is 13.8. The first-order valence-electron chi connectivity index (χ1n) is 7.24. The van der Waals surface area contributed by atoms with Gasteiger partial charge >= 0.3 is 5.97 Å². The van der Waals surface area contributed by atoms with E-state index in [1.165, 1.54) is 19.3 Å². The van der Waals surface area contributed by atoms with Gasteiger partial charge in [-0.15, -0.1) is 0 Å². The van der Waals surface area contributed by atoms with Crippen molar-refractivity contribution in [1.82, 2.24) is 0 Å². The molecule has 2 nitrogen and oxygen atoms in total. The van der Waals surface area contributed by atoms with Crippen LogP contribution in [0.5, 0.6) is 0 Å². The van der Waals surface area contributed by atoms with Crippen LogP contribution >= 0.6 is 12.6 Å². The Labute approximate surface area is 117 Å². The summed E-state index contributed by atoms with van der Waals surface area (Å²) in [7, 11) is 0. The second kappa shape index (κ2) is 6.31. The van der Waals surface area contributed by atoms with Gasteiger partial charge in [-0.3, -0.25) is 4.79 Å². The van der Waals surface area contributed by atoms with E-state index in [2.05, 4.69) is 26.5 Å². The number of carbonyl (C=O) groups excluding carboxylic acids is 1. The second-order valence-electron chi connectivity index (χ2n) is 6.24. The van der Waals surface area contributed by atoms with Crippen molar-refractivity contribution in [3.8, 4) is 0 Å². The van der Waals surface area contributed by atoms with Crippen LogP contribution in [0.1, 0.15) is 66.2 Å². The first-order valence-corrected chi connectivity index (χ1v) is 7.88. The smallest absolute Gasteiger partial charge is 0.313 e. The van der Waals surface area contributed by atoms with Gasteiger partial charge in [0.15, 0.2) is 0 Å². The molecule has 1 aliphatic rings. The molecule has 1 atom stereocenters. The van der Waals surface area contributed by atoms with Gasteiger partial charge in [0, 0.05) is 5.75 Å². The molecular weight excluding hydrogens is 244 g/mol. The van der Waals surface area contributed by atoms with Gasteiger partial charge in [-0.1, -0.05) is 27.2 Å². The summed E-state index contributed by atoms with van der Waals surface area (Å²) < 4.78 is 6.00.